The molecule has 0 radical (unpaired) electrons. The summed E-state index contributed by atoms with van der Waals surface area (Å²) >= 11 is 3.38. The Kier molecular flexibility index (Phi) is 2.49. The molecule has 104 valence electrons. The van der Waals surface area contributed by atoms with Crippen LogP contribution in [0, 0.1) is 0 Å². The molecule has 0 saturated carbocycles. The molecule has 0 unspecified atom stereocenters. The largest absolute Gasteiger partial charge is 0.333 e. The van der Waals surface area contributed by atoms with Crippen molar-refractivity contribution in [1.82, 2.24) is 29.7 Å². The molecule has 0 aliphatic rings. The van der Waals surface area contributed by atoms with E-state index < -0.39 is 0 Å². The van der Waals surface area contributed by atoms with E-state index in [0.717, 1.165) is 15.4 Å². The highest BCUT2D eigenvalue weighted by Crippen LogP contribution is 2.24. The third-order valence-corrected chi connectivity index (χ3v) is 3.68. The number of halogens is 1. The third-order valence-electron chi connectivity index (χ3n) is 3.25. The molecule has 21 heavy (non-hydrogen) atoms. The number of nitrogens with zero attached hydrogens (tertiary/aromatic N) is 4. The van der Waals surface area contributed by atoms with Gasteiger partial charge in [0.25, 0.3) is 5.56 Å². The maximum atomic E-state index is 12.2. The Bertz CT molecular complexity index is 1040. The van der Waals surface area contributed by atoms with E-state index in [1.165, 1.54) is 0 Å². The second-order valence-electron chi connectivity index (χ2n) is 4.72. The fourth-order valence-electron chi connectivity index (χ4n) is 2.30. The lowest BCUT2D eigenvalue weighted by molar-refractivity contribution is 0.768. The average Bonchev–Trinajstić information content (AvgIpc) is 3.03. The van der Waals surface area contributed by atoms with Gasteiger partial charge in [0.1, 0.15) is 22.5 Å². The number of aromatic nitrogens is 6. The van der Waals surface area contributed by atoms with E-state index in [1.807, 2.05) is 13.1 Å². The van der Waals surface area contributed by atoms with Crippen molar-refractivity contribution in [3.8, 4) is 11.4 Å². The summed E-state index contributed by atoms with van der Waals surface area (Å²) in [6, 6.07) is 1.89. The molecule has 7 nitrogen and oxygen atoms in total. The fraction of sp³-hybridized carbons (Fsp3) is 0.0769. The molecular formula is C13H9BrN6O. The number of rotatable bonds is 1. The molecule has 0 atom stereocenters. The number of nitrogens with one attached hydrogen (secondary N) is 2. The zero-order valence-electron chi connectivity index (χ0n) is 10.9. The van der Waals surface area contributed by atoms with Gasteiger partial charge in [0.2, 0.25) is 0 Å². The molecule has 4 rings (SSSR count). The van der Waals surface area contributed by atoms with Gasteiger partial charge in [-0.25, -0.2) is 9.97 Å². The molecule has 8 heteroatoms. The molecule has 2 N–H and O–H groups in total. The van der Waals surface area contributed by atoms with Crippen molar-refractivity contribution >= 4 is 38.0 Å². The van der Waals surface area contributed by atoms with Crippen molar-refractivity contribution in [1.29, 1.82) is 0 Å². The molecule has 0 bridgehead atoms. The highest BCUT2D eigenvalue weighted by atomic mass is 79.9. The van der Waals surface area contributed by atoms with Crippen molar-refractivity contribution in [3.05, 3.63) is 39.5 Å². The fourth-order valence-corrected chi connectivity index (χ4v) is 2.63. The van der Waals surface area contributed by atoms with E-state index in [1.54, 1.807) is 23.3 Å². The Morgan fingerprint density at radius 3 is 2.90 bits per heavy atom. The van der Waals surface area contributed by atoms with Crippen molar-refractivity contribution in [2.24, 2.45) is 7.05 Å². The zero-order chi connectivity index (χ0) is 14.6. The maximum Gasteiger partial charge on any atom is 0.275 e. The van der Waals surface area contributed by atoms with E-state index in [9.17, 15) is 4.79 Å². The van der Waals surface area contributed by atoms with E-state index in [2.05, 4.69) is 41.0 Å². The second kappa shape index (κ2) is 4.26. The normalized spacial score (nSPS) is 11.5. The lowest BCUT2D eigenvalue weighted by atomic mass is 10.3. The zero-order valence-corrected chi connectivity index (χ0v) is 12.5. The molecule has 0 amide bonds. The minimum absolute atomic E-state index is 0.229. The first-order valence-electron chi connectivity index (χ1n) is 6.18. The van der Waals surface area contributed by atoms with Crippen molar-refractivity contribution in [2.75, 3.05) is 0 Å². The van der Waals surface area contributed by atoms with Crippen molar-refractivity contribution < 1.29 is 0 Å². The molecule has 4 aromatic heterocycles. The number of aryl methyl sites for hydroxylation is 1. The first kappa shape index (κ1) is 12.3. The molecule has 0 aliphatic heterocycles. The summed E-state index contributed by atoms with van der Waals surface area (Å²) in [5.41, 5.74) is 2.18. The van der Waals surface area contributed by atoms with Gasteiger partial charge in [0.05, 0.1) is 11.8 Å². The van der Waals surface area contributed by atoms with Crippen LogP contribution in [-0.4, -0.2) is 29.7 Å². The first-order chi connectivity index (χ1) is 10.1. The summed E-state index contributed by atoms with van der Waals surface area (Å²) in [5.74, 6) is 0.487. The van der Waals surface area contributed by atoms with Gasteiger partial charge < -0.3 is 9.97 Å². The van der Waals surface area contributed by atoms with Crippen LogP contribution in [0.1, 0.15) is 0 Å². The SMILES string of the molecule is Cn1cc(-c2nc3c([nH]c4ncc(Br)cc43)c(=O)[nH]2)cn1. The van der Waals surface area contributed by atoms with Crippen LogP contribution in [0.25, 0.3) is 33.5 Å². The van der Waals surface area contributed by atoms with Crippen LogP contribution in [0.3, 0.4) is 0 Å². The highest BCUT2D eigenvalue weighted by Gasteiger charge is 2.13. The van der Waals surface area contributed by atoms with Gasteiger partial charge in [-0.2, -0.15) is 5.10 Å². The van der Waals surface area contributed by atoms with Crippen LogP contribution in [0.15, 0.2) is 33.9 Å². The summed E-state index contributed by atoms with van der Waals surface area (Å²) in [6.07, 6.45) is 5.13. The topological polar surface area (TPSA) is 92.2 Å². The Balaban J connectivity index is 2.10. The number of hydrogen-bond acceptors (Lipinski definition) is 4. The molecule has 0 fully saturated rings. The smallest absolute Gasteiger partial charge is 0.275 e. The van der Waals surface area contributed by atoms with E-state index in [4.69, 9.17) is 0 Å². The Morgan fingerprint density at radius 1 is 1.29 bits per heavy atom. The summed E-state index contributed by atoms with van der Waals surface area (Å²) in [6.45, 7) is 0. The maximum absolute atomic E-state index is 12.2. The van der Waals surface area contributed by atoms with Crippen LogP contribution in [0.5, 0.6) is 0 Å². The molecule has 0 aromatic carbocycles. The lowest BCUT2D eigenvalue weighted by Crippen LogP contribution is -2.09. The van der Waals surface area contributed by atoms with Crippen LogP contribution < -0.4 is 5.56 Å². The number of pyridine rings is 1. The number of hydrogen-bond donors (Lipinski definition) is 2. The molecular weight excluding hydrogens is 336 g/mol. The third kappa shape index (κ3) is 1.87. The summed E-state index contributed by atoms with van der Waals surface area (Å²) < 4.78 is 2.49. The van der Waals surface area contributed by atoms with Gasteiger partial charge in [-0.1, -0.05) is 0 Å². The van der Waals surface area contributed by atoms with Crippen molar-refractivity contribution in [3.63, 3.8) is 0 Å². The van der Waals surface area contributed by atoms with Crippen molar-refractivity contribution in [2.45, 2.75) is 0 Å². The van der Waals surface area contributed by atoms with Crippen LogP contribution in [0.2, 0.25) is 0 Å². The number of aromatic amines is 2. The quantitative estimate of drug-likeness (QED) is 0.552. The van der Waals surface area contributed by atoms with E-state index >= 15 is 0 Å². The van der Waals surface area contributed by atoms with E-state index in [0.29, 0.717) is 22.5 Å². The molecule has 4 heterocycles. The average molecular weight is 345 g/mol. The molecule has 0 saturated heterocycles. The molecule has 0 spiro atoms. The Labute approximate surface area is 126 Å². The lowest BCUT2D eigenvalue weighted by Gasteiger charge is -1.97. The van der Waals surface area contributed by atoms with Gasteiger partial charge in [-0.05, 0) is 22.0 Å². The summed E-state index contributed by atoms with van der Waals surface area (Å²) in [7, 11) is 1.81. The number of fused-ring (bicyclic) bond motifs is 3. The minimum Gasteiger partial charge on any atom is -0.333 e. The first-order valence-corrected chi connectivity index (χ1v) is 6.97. The molecule has 0 aliphatic carbocycles. The summed E-state index contributed by atoms with van der Waals surface area (Å²) in [5, 5.41) is 4.90. The van der Waals surface area contributed by atoms with E-state index in [-0.39, 0.29) is 5.56 Å². The van der Waals surface area contributed by atoms with Gasteiger partial charge in [0, 0.05) is 29.3 Å². The second-order valence-corrected chi connectivity index (χ2v) is 5.63. The Hall–Kier alpha value is -2.48. The monoisotopic (exact) mass is 344 g/mol. The van der Waals surface area contributed by atoms with Gasteiger partial charge >= 0.3 is 0 Å². The van der Waals surface area contributed by atoms with Gasteiger partial charge in [0.15, 0.2) is 0 Å². The molecule has 4 aromatic rings. The summed E-state index contributed by atoms with van der Waals surface area (Å²) in [4.78, 5) is 26.8. The minimum atomic E-state index is -0.229. The van der Waals surface area contributed by atoms with Crippen LogP contribution in [-0.2, 0) is 7.05 Å². The van der Waals surface area contributed by atoms with Crippen LogP contribution in [0.4, 0.5) is 0 Å². The predicted molar refractivity (Wildman–Crippen MR) is 81.9 cm³/mol. The Morgan fingerprint density at radius 2 is 2.14 bits per heavy atom. The standard InChI is InChI=1S/C13H9BrN6O/c1-20-5-6(3-16-20)11-17-9-8-2-7(14)4-15-12(8)18-10(9)13(21)19-11/h2-5H,1H3,(H,15,18)(H,17,19,21). The van der Waals surface area contributed by atoms with Crippen LogP contribution >= 0.6 is 15.9 Å². The highest BCUT2D eigenvalue weighted by molar-refractivity contribution is 9.10. The van der Waals surface area contributed by atoms with Gasteiger partial charge in [-0.15, -0.1) is 0 Å². The number of H-pyrrole nitrogens is 2. The van der Waals surface area contributed by atoms with Gasteiger partial charge in [-0.3, -0.25) is 9.48 Å². The predicted octanol–water partition coefficient (Wildman–Crippen LogP) is 1.96.